The quantitative estimate of drug-likeness (QED) is 0.343. The summed E-state index contributed by atoms with van der Waals surface area (Å²) in [6, 6.07) is 8.51. The van der Waals surface area contributed by atoms with E-state index in [1.165, 1.54) is 29.5 Å². The van der Waals surface area contributed by atoms with Gasteiger partial charge in [0, 0.05) is 17.7 Å². The number of nitrogens with one attached hydrogen (secondary N) is 2. The Morgan fingerprint density at radius 1 is 1.00 bits per heavy atom. The molecule has 5 rings (SSSR count). The summed E-state index contributed by atoms with van der Waals surface area (Å²) in [6.45, 7) is 3.44. The van der Waals surface area contributed by atoms with Crippen molar-refractivity contribution in [1.29, 1.82) is 0 Å². The molecule has 2 N–H and O–H groups in total. The van der Waals surface area contributed by atoms with Gasteiger partial charge < -0.3 is 5.32 Å². The second-order valence-electron chi connectivity index (χ2n) is 8.57. The van der Waals surface area contributed by atoms with E-state index in [0.29, 0.717) is 22.1 Å². The third-order valence-corrected chi connectivity index (χ3v) is 8.68. The number of rotatable bonds is 6. The first-order valence-corrected chi connectivity index (χ1v) is 13.8. The highest BCUT2D eigenvalue weighted by molar-refractivity contribution is 7.92. The molecule has 2 aromatic heterocycles. The minimum atomic E-state index is -4.76. The molecule has 0 bridgehead atoms. The third-order valence-electron chi connectivity index (χ3n) is 6.03. The van der Waals surface area contributed by atoms with Gasteiger partial charge in [0.25, 0.3) is 10.0 Å². The van der Waals surface area contributed by atoms with Crippen molar-refractivity contribution in [2.24, 2.45) is 0 Å². The van der Waals surface area contributed by atoms with Crippen LogP contribution in [-0.2, 0) is 10.0 Å². The van der Waals surface area contributed by atoms with Gasteiger partial charge in [-0.15, -0.1) is 11.3 Å². The highest BCUT2D eigenvalue weighted by Crippen LogP contribution is 2.42. The first kappa shape index (κ1) is 25.3. The Morgan fingerprint density at radius 3 is 2.41 bits per heavy atom. The maximum atomic E-state index is 15.8. The molecule has 37 heavy (non-hydrogen) atoms. The fourth-order valence-electron chi connectivity index (χ4n) is 4.25. The summed E-state index contributed by atoms with van der Waals surface area (Å²) in [4.78, 5) is 12.9. The Kier molecular flexibility index (Phi) is 6.97. The zero-order valence-electron chi connectivity index (χ0n) is 19.6. The highest BCUT2D eigenvalue weighted by atomic mass is 32.2. The largest absolute Gasteiger partial charge is 0.317 e. The van der Waals surface area contributed by atoms with E-state index in [4.69, 9.17) is 4.98 Å². The van der Waals surface area contributed by atoms with Crippen molar-refractivity contribution in [3.8, 4) is 21.8 Å². The number of halogens is 3. The minimum absolute atomic E-state index is 0.0388. The van der Waals surface area contributed by atoms with Crippen LogP contribution in [-0.4, -0.2) is 36.5 Å². The van der Waals surface area contributed by atoms with Crippen molar-refractivity contribution in [3.05, 3.63) is 76.9 Å². The Hall–Kier alpha value is -3.35. The second kappa shape index (κ2) is 10.2. The molecule has 0 unspecified atom stereocenters. The number of aryl methyl sites for hydroxylation is 1. The summed E-state index contributed by atoms with van der Waals surface area (Å²) >= 11 is 1.42. The maximum Gasteiger partial charge on any atom is 0.267 e. The van der Waals surface area contributed by atoms with Gasteiger partial charge in [-0.1, -0.05) is 12.1 Å². The summed E-state index contributed by atoms with van der Waals surface area (Å²) in [5.74, 6) is -2.75. The second-order valence-corrected chi connectivity index (χ2v) is 11.2. The van der Waals surface area contributed by atoms with Gasteiger partial charge in [0.15, 0.2) is 10.7 Å². The van der Waals surface area contributed by atoms with E-state index in [-0.39, 0.29) is 11.5 Å². The van der Waals surface area contributed by atoms with E-state index in [1.807, 2.05) is 4.72 Å². The molecule has 0 radical (unpaired) electrons. The molecule has 12 heteroatoms. The molecule has 4 aromatic rings. The number of hydrogen-bond acceptors (Lipinski definition) is 7. The molecule has 2 aromatic carbocycles. The summed E-state index contributed by atoms with van der Waals surface area (Å²) in [6.07, 6.45) is 3.37. The van der Waals surface area contributed by atoms with Crippen LogP contribution in [0.3, 0.4) is 0 Å². The topological polar surface area (TPSA) is 96.9 Å². The standard InChI is InChI=1S/C25H22F3N5O2S2/c1-14-30-13-10-20(31-14)23-22(32-25(36-23)15-8-11-29-12-9-15)16-4-2-7-19(21(16)28)33-37(34,35)24-17(26)5-3-6-18(24)27/h2-7,10,13,15,29,33H,8-9,11-12H2,1H3. The molecule has 1 aliphatic rings. The van der Waals surface area contributed by atoms with Crippen molar-refractivity contribution in [3.63, 3.8) is 0 Å². The molecule has 0 saturated carbocycles. The van der Waals surface area contributed by atoms with Gasteiger partial charge in [-0.2, -0.15) is 0 Å². The van der Waals surface area contributed by atoms with Crippen molar-refractivity contribution in [1.82, 2.24) is 20.3 Å². The van der Waals surface area contributed by atoms with Crippen LogP contribution in [0.1, 0.15) is 29.6 Å². The molecule has 192 valence electrons. The van der Waals surface area contributed by atoms with Gasteiger partial charge in [-0.25, -0.2) is 36.5 Å². The number of anilines is 1. The lowest BCUT2D eigenvalue weighted by molar-refractivity contribution is 0.459. The van der Waals surface area contributed by atoms with Crippen LogP contribution in [0.5, 0.6) is 0 Å². The van der Waals surface area contributed by atoms with Gasteiger partial charge in [-0.05, 0) is 63.2 Å². The molecule has 1 aliphatic heterocycles. The van der Waals surface area contributed by atoms with E-state index in [2.05, 4.69) is 15.3 Å². The summed E-state index contributed by atoms with van der Waals surface area (Å²) in [5.41, 5.74) is 0.463. The van der Waals surface area contributed by atoms with E-state index in [1.54, 1.807) is 19.2 Å². The van der Waals surface area contributed by atoms with Gasteiger partial charge in [0.2, 0.25) is 0 Å². The molecule has 0 spiro atoms. The van der Waals surface area contributed by atoms with Crippen LogP contribution in [0.25, 0.3) is 21.8 Å². The Labute approximate surface area is 215 Å². The number of aromatic nitrogens is 3. The molecule has 1 fully saturated rings. The van der Waals surface area contributed by atoms with Crippen molar-refractivity contribution in [2.75, 3.05) is 17.8 Å². The number of sulfonamides is 1. The Bertz CT molecular complexity index is 1550. The predicted molar refractivity (Wildman–Crippen MR) is 135 cm³/mol. The van der Waals surface area contributed by atoms with E-state index in [0.717, 1.165) is 49.1 Å². The van der Waals surface area contributed by atoms with Crippen LogP contribution in [0.2, 0.25) is 0 Å². The zero-order chi connectivity index (χ0) is 26.2. The maximum absolute atomic E-state index is 15.8. The first-order valence-electron chi connectivity index (χ1n) is 11.5. The molecule has 0 amide bonds. The van der Waals surface area contributed by atoms with Crippen LogP contribution in [0, 0.1) is 24.4 Å². The number of benzene rings is 2. The number of hydrogen-bond donors (Lipinski definition) is 2. The lowest BCUT2D eigenvalue weighted by Crippen LogP contribution is -2.26. The fourth-order valence-corrected chi connectivity index (χ4v) is 6.67. The van der Waals surface area contributed by atoms with Crippen LogP contribution in [0.15, 0.2) is 53.6 Å². The summed E-state index contributed by atoms with van der Waals surface area (Å²) in [5, 5.41) is 4.15. The van der Waals surface area contributed by atoms with Crippen LogP contribution in [0.4, 0.5) is 18.9 Å². The van der Waals surface area contributed by atoms with Gasteiger partial charge in [0.05, 0.1) is 27.0 Å². The zero-order valence-corrected chi connectivity index (χ0v) is 21.3. The molecule has 1 saturated heterocycles. The first-order chi connectivity index (χ1) is 17.7. The SMILES string of the molecule is Cc1nccc(-c2sc(C3CCNCC3)nc2-c2cccc(NS(=O)(=O)c3c(F)cccc3F)c2F)n1. The van der Waals surface area contributed by atoms with Crippen molar-refractivity contribution < 1.29 is 21.6 Å². The molecule has 3 heterocycles. The number of thiazole rings is 1. The van der Waals surface area contributed by atoms with E-state index >= 15 is 4.39 Å². The highest BCUT2D eigenvalue weighted by Gasteiger charge is 2.28. The smallest absolute Gasteiger partial charge is 0.267 e. The molecule has 0 aliphatic carbocycles. The van der Waals surface area contributed by atoms with Crippen LogP contribution >= 0.6 is 11.3 Å². The van der Waals surface area contributed by atoms with Crippen LogP contribution < -0.4 is 10.0 Å². The third kappa shape index (κ3) is 5.09. The summed E-state index contributed by atoms with van der Waals surface area (Å²) in [7, 11) is -4.76. The average molecular weight is 546 g/mol. The Balaban J connectivity index is 1.60. The molecule has 7 nitrogen and oxygen atoms in total. The van der Waals surface area contributed by atoms with E-state index in [9.17, 15) is 17.2 Å². The minimum Gasteiger partial charge on any atom is -0.317 e. The van der Waals surface area contributed by atoms with Crippen molar-refractivity contribution in [2.45, 2.75) is 30.6 Å². The van der Waals surface area contributed by atoms with E-state index < -0.39 is 38.1 Å². The normalized spacial score (nSPS) is 14.6. The summed E-state index contributed by atoms with van der Waals surface area (Å²) < 4.78 is 71.7. The van der Waals surface area contributed by atoms with Gasteiger partial charge in [-0.3, -0.25) is 4.72 Å². The predicted octanol–water partition coefficient (Wildman–Crippen LogP) is 5.26. The monoisotopic (exact) mass is 545 g/mol. The molecular weight excluding hydrogens is 523 g/mol. The lowest BCUT2D eigenvalue weighted by atomic mass is 9.99. The lowest BCUT2D eigenvalue weighted by Gasteiger charge is -2.20. The average Bonchev–Trinajstić information content (AvgIpc) is 3.31. The van der Waals surface area contributed by atoms with Gasteiger partial charge >= 0.3 is 0 Å². The number of nitrogens with zero attached hydrogens (tertiary/aromatic N) is 3. The Morgan fingerprint density at radius 2 is 1.70 bits per heavy atom. The fraction of sp³-hybridized carbons (Fsp3) is 0.240. The molecular formula is C25H22F3N5O2S2. The van der Waals surface area contributed by atoms with Crippen molar-refractivity contribution >= 4 is 27.0 Å². The number of piperidine rings is 1. The van der Waals surface area contributed by atoms with Gasteiger partial charge in [0.1, 0.15) is 17.5 Å². The molecule has 0 atom stereocenters.